The average Bonchev–Trinajstić information content (AvgIpc) is 3.07. The number of hydrogen-bond acceptors (Lipinski definition) is 6. The molecule has 2 saturated heterocycles. The molecule has 1 aromatic heterocycles. The molecule has 3 aliphatic rings. The molecule has 2 N–H and O–H groups in total. The maximum absolute atomic E-state index is 12.9. The monoisotopic (exact) mass is 414 g/mol. The summed E-state index contributed by atoms with van der Waals surface area (Å²) in [6.45, 7) is 6.93. The van der Waals surface area contributed by atoms with Crippen molar-refractivity contribution in [2.75, 3.05) is 51.6 Å². The first-order valence-corrected chi connectivity index (χ1v) is 12.0. The van der Waals surface area contributed by atoms with Crippen molar-refractivity contribution in [3.8, 4) is 0 Å². The molecule has 30 heavy (non-hydrogen) atoms. The number of carbonyl (C=O) groups is 1. The molecular weight excluding hydrogens is 376 g/mol. The number of likely N-dealkylation sites (tertiary alicyclic amines) is 2. The Morgan fingerprint density at radius 2 is 1.97 bits per heavy atom. The molecule has 1 atom stereocenters. The van der Waals surface area contributed by atoms with Crippen molar-refractivity contribution in [1.82, 2.24) is 25.1 Å². The van der Waals surface area contributed by atoms with Crippen molar-refractivity contribution in [3.05, 3.63) is 17.1 Å². The second kappa shape index (κ2) is 10.5. The van der Waals surface area contributed by atoms with Gasteiger partial charge in [0.25, 0.3) is 0 Å². The third-order valence-electron chi connectivity index (χ3n) is 6.89. The number of nitrogens with one attached hydrogen (secondary N) is 2. The molecular formula is C23H38N6O. The second-order valence-electron chi connectivity index (χ2n) is 9.07. The van der Waals surface area contributed by atoms with E-state index in [9.17, 15) is 4.79 Å². The Morgan fingerprint density at radius 1 is 1.13 bits per heavy atom. The van der Waals surface area contributed by atoms with Gasteiger partial charge in [0.2, 0.25) is 5.91 Å². The Labute approximate surface area is 181 Å². The van der Waals surface area contributed by atoms with Crippen LogP contribution in [0.4, 0.5) is 5.82 Å². The zero-order chi connectivity index (χ0) is 20.8. The van der Waals surface area contributed by atoms with Crippen LogP contribution in [0.5, 0.6) is 0 Å². The lowest BCUT2D eigenvalue weighted by Crippen LogP contribution is -2.40. The number of rotatable bonds is 6. The fourth-order valence-corrected chi connectivity index (χ4v) is 5.14. The Balaban J connectivity index is 1.33. The molecule has 2 fully saturated rings. The molecule has 0 saturated carbocycles. The highest BCUT2D eigenvalue weighted by Crippen LogP contribution is 2.28. The van der Waals surface area contributed by atoms with E-state index < -0.39 is 0 Å². The van der Waals surface area contributed by atoms with Crippen molar-refractivity contribution in [2.24, 2.45) is 0 Å². The van der Waals surface area contributed by atoms with E-state index in [1.165, 1.54) is 50.0 Å². The SMILES string of the molecule is CNc1nc(C2CCCN(C(=O)CCCN3CCCCCC3)C2)nc2c1CNCC2. The molecule has 0 bridgehead atoms. The largest absolute Gasteiger partial charge is 0.373 e. The molecule has 0 aliphatic carbocycles. The maximum atomic E-state index is 12.9. The summed E-state index contributed by atoms with van der Waals surface area (Å²) >= 11 is 0. The average molecular weight is 415 g/mol. The van der Waals surface area contributed by atoms with Gasteiger partial charge in [0.05, 0.1) is 5.69 Å². The molecule has 4 heterocycles. The van der Waals surface area contributed by atoms with Crippen LogP contribution in [0.3, 0.4) is 0 Å². The topological polar surface area (TPSA) is 73.4 Å². The number of hydrogen-bond donors (Lipinski definition) is 2. The van der Waals surface area contributed by atoms with Crippen LogP contribution in [0.1, 0.15) is 74.4 Å². The van der Waals surface area contributed by atoms with Crippen LogP contribution < -0.4 is 10.6 Å². The Bertz CT molecular complexity index is 699. The van der Waals surface area contributed by atoms with Gasteiger partial charge in [0.15, 0.2) is 0 Å². The Morgan fingerprint density at radius 3 is 2.77 bits per heavy atom. The summed E-state index contributed by atoms with van der Waals surface area (Å²) in [4.78, 5) is 27.3. The highest BCUT2D eigenvalue weighted by Gasteiger charge is 2.28. The summed E-state index contributed by atoms with van der Waals surface area (Å²) in [5.74, 6) is 2.43. The van der Waals surface area contributed by atoms with Gasteiger partial charge in [-0.2, -0.15) is 0 Å². The molecule has 0 spiro atoms. The minimum Gasteiger partial charge on any atom is -0.373 e. The molecule has 0 radical (unpaired) electrons. The fourth-order valence-electron chi connectivity index (χ4n) is 5.14. The predicted molar refractivity (Wildman–Crippen MR) is 120 cm³/mol. The lowest BCUT2D eigenvalue weighted by molar-refractivity contribution is -0.132. The molecule has 4 rings (SSSR count). The number of aromatic nitrogens is 2. The quantitative estimate of drug-likeness (QED) is 0.745. The zero-order valence-electron chi connectivity index (χ0n) is 18.6. The van der Waals surface area contributed by atoms with E-state index in [-0.39, 0.29) is 5.92 Å². The molecule has 1 amide bonds. The van der Waals surface area contributed by atoms with E-state index in [2.05, 4.69) is 20.4 Å². The summed E-state index contributed by atoms with van der Waals surface area (Å²) in [6.07, 6.45) is 10.1. The molecule has 1 unspecified atom stereocenters. The van der Waals surface area contributed by atoms with Crippen molar-refractivity contribution >= 4 is 11.7 Å². The van der Waals surface area contributed by atoms with Crippen LogP contribution >= 0.6 is 0 Å². The van der Waals surface area contributed by atoms with Crippen LogP contribution in [0.15, 0.2) is 0 Å². The summed E-state index contributed by atoms with van der Waals surface area (Å²) in [5.41, 5.74) is 2.37. The number of fused-ring (bicyclic) bond motifs is 1. The van der Waals surface area contributed by atoms with E-state index in [0.717, 1.165) is 70.0 Å². The van der Waals surface area contributed by atoms with E-state index >= 15 is 0 Å². The minimum absolute atomic E-state index is 0.251. The molecule has 166 valence electrons. The summed E-state index contributed by atoms with van der Waals surface area (Å²) in [6, 6.07) is 0. The van der Waals surface area contributed by atoms with Crippen LogP contribution in [0, 0.1) is 0 Å². The molecule has 3 aliphatic heterocycles. The van der Waals surface area contributed by atoms with Gasteiger partial charge in [-0.1, -0.05) is 12.8 Å². The van der Waals surface area contributed by atoms with Gasteiger partial charge in [0.1, 0.15) is 11.6 Å². The standard InChI is InChI=1S/C23H38N6O/c1-24-23-19-16-25-11-10-20(19)26-22(27-23)18-8-6-15-29(17-18)21(30)9-7-14-28-12-4-2-3-5-13-28/h18,25H,2-17H2,1H3,(H,24,26,27). The smallest absolute Gasteiger partial charge is 0.222 e. The van der Waals surface area contributed by atoms with Gasteiger partial charge in [-0.15, -0.1) is 0 Å². The van der Waals surface area contributed by atoms with E-state index in [0.29, 0.717) is 12.3 Å². The zero-order valence-corrected chi connectivity index (χ0v) is 18.6. The minimum atomic E-state index is 0.251. The van der Waals surface area contributed by atoms with Gasteiger partial charge in [0, 0.05) is 57.5 Å². The van der Waals surface area contributed by atoms with Gasteiger partial charge in [-0.3, -0.25) is 4.79 Å². The lowest BCUT2D eigenvalue weighted by atomic mass is 9.96. The molecule has 0 aromatic carbocycles. The predicted octanol–water partition coefficient (Wildman–Crippen LogP) is 2.53. The highest BCUT2D eigenvalue weighted by atomic mass is 16.2. The first kappa shape index (κ1) is 21.5. The van der Waals surface area contributed by atoms with E-state index in [1.54, 1.807) is 0 Å². The van der Waals surface area contributed by atoms with E-state index in [1.807, 2.05) is 7.05 Å². The fraction of sp³-hybridized carbons (Fsp3) is 0.783. The highest BCUT2D eigenvalue weighted by molar-refractivity contribution is 5.76. The van der Waals surface area contributed by atoms with Gasteiger partial charge >= 0.3 is 0 Å². The maximum Gasteiger partial charge on any atom is 0.222 e. The summed E-state index contributed by atoms with van der Waals surface area (Å²) < 4.78 is 0. The summed E-state index contributed by atoms with van der Waals surface area (Å²) in [5, 5.41) is 6.66. The van der Waals surface area contributed by atoms with Gasteiger partial charge in [-0.25, -0.2) is 9.97 Å². The van der Waals surface area contributed by atoms with Crippen molar-refractivity contribution in [1.29, 1.82) is 0 Å². The molecule has 7 nitrogen and oxygen atoms in total. The number of piperidine rings is 1. The van der Waals surface area contributed by atoms with Crippen molar-refractivity contribution in [2.45, 2.75) is 70.3 Å². The van der Waals surface area contributed by atoms with Crippen LogP contribution in [-0.4, -0.2) is 72.0 Å². The third-order valence-corrected chi connectivity index (χ3v) is 6.89. The number of carbonyl (C=O) groups excluding carboxylic acids is 1. The Kier molecular flexibility index (Phi) is 7.55. The van der Waals surface area contributed by atoms with Crippen LogP contribution in [0.2, 0.25) is 0 Å². The van der Waals surface area contributed by atoms with Gasteiger partial charge < -0.3 is 20.4 Å². The lowest BCUT2D eigenvalue weighted by Gasteiger charge is -2.33. The number of amides is 1. The normalized spacial score (nSPS) is 23.0. The Hall–Kier alpha value is -1.73. The van der Waals surface area contributed by atoms with E-state index in [4.69, 9.17) is 9.97 Å². The second-order valence-corrected chi connectivity index (χ2v) is 9.07. The first-order chi connectivity index (χ1) is 14.7. The van der Waals surface area contributed by atoms with Crippen molar-refractivity contribution < 1.29 is 4.79 Å². The summed E-state index contributed by atoms with van der Waals surface area (Å²) in [7, 11) is 1.93. The molecule has 7 heteroatoms. The van der Waals surface area contributed by atoms with Crippen LogP contribution in [0.25, 0.3) is 0 Å². The molecule has 1 aromatic rings. The van der Waals surface area contributed by atoms with Crippen molar-refractivity contribution in [3.63, 3.8) is 0 Å². The van der Waals surface area contributed by atoms with Crippen LogP contribution in [-0.2, 0) is 17.8 Å². The number of anilines is 1. The third kappa shape index (κ3) is 5.30. The first-order valence-electron chi connectivity index (χ1n) is 12.0. The number of nitrogens with zero attached hydrogens (tertiary/aromatic N) is 4. The van der Waals surface area contributed by atoms with Gasteiger partial charge in [-0.05, 0) is 51.7 Å².